The normalized spacial score (nSPS) is 17.1. The van der Waals surface area contributed by atoms with Crippen molar-refractivity contribution in [3.8, 4) is 0 Å². The Hall–Kier alpha value is -2.38. The molecule has 1 aliphatic rings. The molecule has 3 N–H and O–H groups in total. The maximum absolute atomic E-state index is 12.7. The van der Waals surface area contributed by atoms with Gasteiger partial charge in [0.15, 0.2) is 0 Å². The number of sulfonamides is 1. The van der Waals surface area contributed by atoms with Crippen molar-refractivity contribution in [2.45, 2.75) is 37.6 Å². The predicted octanol–water partition coefficient (Wildman–Crippen LogP) is 2.67. The van der Waals surface area contributed by atoms with Crippen molar-refractivity contribution in [2.75, 3.05) is 17.8 Å². The molecule has 0 radical (unpaired) electrons. The molecule has 0 bridgehead atoms. The van der Waals surface area contributed by atoms with Gasteiger partial charge in [0.2, 0.25) is 0 Å². The van der Waals surface area contributed by atoms with Gasteiger partial charge in [0.05, 0.1) is 10.6 Å². The lowest BCUT2D eigenvalue weighted by atomic mass is 10.1. The Bertz CT molecular complexity index is 939. The highest BCUT2D eigenvalue weighted by atomic mass is 32.2. The van der Waals surface area contributed by atoms with Gasteiger partial charge < -0.3 is 10.6 Å². The zero-order valence-corrected chi connectivity index (χ0v) is 16.4. The molecule has 1 unspecified atom stereocenters. The molecule has 1 heterocycles. The zero-order chi connectivity index (χ0) is 19.6. The van der Waals surface area contributed by atoms with Crippen LogP contribution in [0.15, 0.2) is 47.4 Å². The molecule has 2 aromatic rings. The average Bonchev–Trinajstić information content (AvgIpc) is 3.13. The zero-order valence-electron chi connectivity index (χ0n) is 15.6. The van der Waals surface area contributed by atoms with E-state index in [1.165, 1.54) is 12.1 Å². The first kappa shape index (κ1) is 19.4. The third-order valence-corrected chi connectivity index (χ3v) is 6.55. The summed E-state index contributed by atoms with van der Waals surface area (Å²) in [6.45, 7) is 4.94. The van der Waals surface area contributed by atoms with Crippen molar-refractivity contribution in [1.29, 1.82) is 0 Å². The van der Waals surface area contributed by atoms with Crippen molar-refractivity contribution >= 4 is 21.6 Å². The highest BCUT2D eigenvalue weighted by molar-refractivity contribution is 7.92. The van der Waals surface area contributed by atoms with E-state index in [0.29, 0.717) is 24.3 Å². The summed E-state index contributed by atoms with van der Waals surface area (Å²) in [5.41, 5.74) is 8.66. The van der Waals surface area contributed by atoms with Crippen LogP contribution in [0.1, 0.15) is 34.3 Å². The van der Waals surface area contributed by atoms with Gasteiger partial charge in [-0.05, 0) is 68.1 Å². The summed E-state index contributed by atoms with van der Waals surface area (Å²) in [6.07, 6.45) is 1.86. The van der Waals surface area contributed by atoms with Crippen molar-refractivity contribution in [3.63, 3.8) is 0 Å². The van der Waals surface area contributed by atoms with Crippen LogP contribution in [0.4, 0.5) is 5.69 Å². The fourth-order valence-electron chi connectivity index (χ4n) is 3.36. The molecule has 7 heteroatoms. The van der Waals surface area contributed by atoms with E-state index in [4.69, 9.17) is 5.73 Å². The minimum atomic E-state index is -3.72. The summed E-state index contributed by atoms with van der Waals surface area (Å²) in [7, 11) is -3.72. The molecule has 2 aromatic carbocycles. The third kappa shape index (κ3) is 3.99. The first-order chi connectivity index (χ1) is 12.8. The molecule has 1 saturated heterocycles. The summed E-state index contributed by atoms with van der Waals surface area (Å²) in [5.74, 6) is -0.102. The number of carbonyl (C=O) groups is 1. The molecule has 0 aromatic heterocycles. The summed E-state index contributed by atoms with van der Waals surface area (Å²) < 4.78 is 28.0. The topological polar surface area (TPSA) is 92.5 Å². The number of hydrogen-bond donors (Lipinski definition) is 2. The maximum Gasteiger partial charge on any atom is 0.261 e. The minimum absolute atomic E-state index is 0.0619. The van der Waals surface area contributed by atoms with E-state index in [1.54, 1.807) is 23.1 Å². The molecule has 6 nitrogen and oxygen atoms in total. The SMILES string of the molecule is Cc1cccc(NS(=O)(=O)c2ccc(C(=O)N3CCCC3CN)cc2)c1C. The summed E-state index contributed by atoms with van der Waals surface area (Å²) in [6, 6.07) is 11.6. The first-order valence-electron chi connectivity index (χ1n) is 9.03. The molecule has 1 amide bonds. The van der Waals surface area contributed by atoms with Gasteiger partial charge in [-0.1, -0.05) is 12.1 Å². The largest absolute Gasteiger partial charge is 0.334 e. The molecule has 0 spiro atoms. The van der Waals surface area contributed by atoms with Gasteiger partial charge in [-0.15, -0.1) is 0 Å². The van der Waals surface area contributed by atoms with Crippen molar-refractivity contribution in [3.05, 3.63) is 59.2 Å². The first-order valence-corrected chi connectivity index (χ1v) is 10.5. The van der Waals surface area contributed by atoms with E-state index in [9.17, 15) is 13.2 Å². The van der Waals surface area contributed by atoms with E-state index < -0.39 is 10.0 Å². The number of nitrogens with two attached hydrogens (primary N) is 1. The Morgan fingerprint density at radius 3 is 2.56 bits per heavy atom. The molecule has 144 valence electrons. The van der Waals surface area contributed by atoms with E-state index >= 15 is 0 Å². The van der Waals surface area contributed by atoms with Gasteiger partial charge >= 0.3 is 0 Å². The molecule has 1 atom stereocenters. The lowest BCUT2D eigenvalue weighted by Crippen LogP contribution is -2.39. The Morgan fingerprint density at radius 2 is 1.89 bits per heavy atom. The standard InChI is InChI=1S/C20H25N3O3S/c1-14-5-3-7-19(15(14)2)22-27(25,26)18-10-8-16(9-11-18)20(24)23-12-4-6-17(23)13-21/h3,5,7-11,17,22H,4,6,12-13,21H2,1-2H3. The number of aryl methyl sites for hydroxylation is 1. The number of likely N-dealkylation sites (tertiary alicyclic amines) is 1. The lowest BCUT2D eigenvalue weighted by Gasteiger charge is -2.23. The fraction of sp³-hybridized carbons (Fsp3) is 0.350. The van der Waals surface area contributed by atoms with Gasteiger partial charge in [-0.2, -0.15) is 0 Å². The van der Waals surface area contributed by atoms with Gasteiger partial charge in [0.25, 0.3) is 15.9 Å². The minimum Gasteiger partial charge on any atom is -0.334 e. The van der Waals surface area contributed by atoms with Gasteiger partial charge in [0, 0.05) is 24.7 Å². The van der Waals surface area contributed by atoms with Gasteiger partial charge in [-0.25, -0.2) is 8.42 Å². The number of rotatable bonds is 5. The van der Waals surface area contributed by atoms with Crippen LogP contribution in [0.25, 0.3) is 0 Å². The van der Waals surface area contributed by atoms with Crippen LogP contribution in [0, 0.1) is 13.8 Å². The molecular formula is C20H25N3O3S. The number of nitrogens with one attached hydrogen (secondary N) is 1. The third-order valence-electron chi connectivity index (χ3n) is 5.17. The fourth-order valence-corrected chi connectivity index (χ4v) is 4.48. The number of amides is 1. The second-order valence-corrected chi connectivity index (χ2v) is 8.59. The van der Waals surface area contributed by atoms with Crippen LogP contribution in [-0.2, 0) is 10.0 Å². The second kappa shape index (κ2) is 7.70. The summed E-state index contributed by atoms with van der Waals surface area (Å²) >= 11 is 0. The maximum atomic E-state index is 12.7. The van der Waals surface area contributed by atoms with Crippen LogP contribution >= 0.6 is 0 Å². The van der Waals surface area contributed by atoms with Crippen molar-refractivity contribution < 1.29 is 13.2 Å². The van der Waals surface area contributed by atoms with Crippen LogP contribution in [0.5, 0.6) is 0 Å². The number of nitrogens with zero attached hydrogens (tertiary/aromatic N) is 1. The average molecular weight is 388 g/mol. The molecule has 1 fully saturated rings. The smallest absolute Gasteiger partial charge is 0.261 e. The molecule has 3 rings (SSSR count). The van der Waals surface area contributed by atoms with Crippen molar-refractivity contribution in [1.82, 2.24) is 4.90 Å². The highest BCUT2D eigenvalue weighted by Gasteiger charge is 2.28. The number of benzene rings is 2. The van der Waals surface area contributed by atoms with Crippen molar-refractivity contribution in [2.24, 2.45) is 5.73 Å². The Labute approximate surface area is 160 Å². The van der Waals surface area contributed by atoms with Crippen LogP contribution in [0.2, 0.25) is 0 Å². The van der Waals surface area contributed by atoms with Gasteiger partial charge in [-0.3, -0.25) is 9.52 Å². The lowest BCUT2D eigenvalue weighted by molar-refractivity contribution is 0.0741. The predicted molar refractivity (Wildman–Crippen MR) is 106 cm³/mol. The van der Waals surface area contributed by atoms with E-state index in [0.717, 1.165) is 24.0 Å². The van der Waals surface area contributed by atoms with Crippen LogP contribution in [-0.4, -0.2) is 38.4 Å². The monoisotopic (exact) mass is 387 g/mol. The summed E-state index contributed by atoms with van der Waals surface area (Å²) in [5, 5.41) is 0. The Balaban J connectivity index is 1.80. The number of anilines is 1. The molecule has 1 aliphatic heterocycles. The van der Waals surface area contributed by atoms with Crippen LogP contribution < -0.4 is 10.5 Å². The Kier molecular flexibility index (Phi) is 5.53. The number of hydrogen-bond acceptors (Lipinski definition) is 4. The quantitative estimate of drug-likeness (QED) is 0.825. The highest BCUT2D eigenvalue weighted by Crippen LogP contribution is 2.23. The molecule has 0 aliphatic carbocycles. The summed E-state index contributed by atoms with van der Waals surface area (Å²) in [4.78, 5) is 14.6. The van der Waals surface area contributed by atoms with E-state index in [1.807, 2.05) is 26.0 Å². The second-order valence-electron chi connectivity index (χ2n) is 6.91. The van der Waals surface area contributed by atoms with Crippen LogP contribution in [0.3, 0.4) is 0 Å². The van der Waals surface area contributed by atoms with E-state index in [-0.39, 0.29) is 16.8 Å². The molecule has 0 saturated carbocycles. The van der Waals surface area contributed by atoms with Gasteiger partial charge in [0.1, 0.15) is 0 Å². The molecule has 27 heavy (non-hydrogen) atoms. The number of carbonyl (C=O) groups excluding carboxylic acids is 1. The molecular weight excluding hydrogens is 362 g/mol. The van der Waals surface area contributed by atoms with E-state index in [2.05, 4.69) is 4.72 Å². The Morgan fingerprint density at radius 1 is 1.19 bits per heavy atom.